The second-order valence-electron chi connectivity index (χ2n) is 8.22. The van der Waals surface area contributed by atoms with E-state index < -0.39 is 0 Å². The van der Waals surface area contributed by atoms with Crippen molar-refractivity contribution < 1.29 is 0 Å². The van der Waals surface area contributed by atoms with Gasteiger partial charge in [0.25, 0.3) is 0 Å². The molecular weight excluding hydrogens is 360 g/mol. The molecule has 2 rings (SSSR count). The standard InChI is InChI=1S/C23H42N6/c1-5-24-23(26-14-17-29-16-9-15-27(3)18-19-29)25-13-12-21(2)28(4)20-22-10-7-6-8-11-22/h6-8,10-11,21H,5,9,12-20H2,1-4H3,(H2,24,25,26). The molecule has 1 fully saturated rings. The van der Waals surface area contributed by atoms with Crippen LogP contribution >= 0.6 is 0 Å². The zero-order valence-corrected chi connectivity index (χ0v) is 19.0. The summed E-state index contributed by atoms with van der Waals surface area (Å²) in [5.74, 6) is 0.942. The summed E-state index contributed by atoms with van der Waals surface area (Å²) in [6.45, 7) is 13.9. The largest absolute Gasteiger partial charge is 0.357 e. The van der Waals surface area contributed by atoms with Gasteiger partial charge in [0.05, 0.1) is 0 Å². The Kier molecular flexibility index (Phi) is 11.1. The first-order chi connectivity index (χ1) is 14.1. The fraction of sp³-hybridized carbons (Fsp3) is 0.696. The number of hydrogen-bond donors (Lipinski definition) is 2. The van der Waals surface area contributed by atoms with E-state index in [0.717, 1.165) is 51.6 Å². The molecule has 6 nitrogen and oxygen atoms in total. The maximum atomic E-state index is 4.80. The van der Waals surface area contributed by atoms with Gasteiger partial charge in [-0.05, 0) is 59.4 Å². The fourth-order valence-corrected chi connectivity index (χ4v) is 3.61. The molecule has 1 saturated heterocycles. The molecule has 0 radical (unpaired) electrons. The third-order valence-electron chi connectivity index (χ3n) is 5.72. The van der Waals surface area contributed by atoms with Crippen molar-refractivity contribution in [3.8, 4) is 0 Å². The van der Waals surface area contributed by atoms with Crippen LogP contribution in [0.5, 0.6) is 0 Å². The molecule has 1 aliphatic rings. The number of hydrogen-bond acceptors (Lipinski definition) is 4. The molecule has 0 aliphatic carbocycles. The third-order valence-corrected chi connectivity index (χ3v) is 5.72. The van der Waals surface area contributed by atoms with Crippen molar-refractivity contribution in [3.63, 3.8) is 0 Å². The number of rotatable bonds is 10. The average molecular weight is 403 g/mol. The molecule has 2 N–H and O–H groups in total. The minimum Gasteiger partial charge on any atom is -0.357 e. The minimum atomic E-state index is 0.496. The van der Waals surface area contributed by atoms with Crippen LogP contribution in [-0.2, 0) is 6.54 Å². The second-order valence-corrected chi connectivity index (χ2v) is 8.22. The maximum Gasteiger partial charge on any atom is 0.191 e. The van der Waals surface area contributed by atoms with Gasteiger partial charge in [0.1, 0.15) is 0 Å². The lowest BCUT2D eigenvalue weighted by atomic mass is 10.1. The molecule has 29 heavy (non-hydrogen) atoms. The normalized spacial score (nSPS) is 17.9. The molecule has 0 amide bonds. The minimum absolute atomic E-state index is 0.496. The van der Waals surface area contributed by atoms with E-state index >= 15 is 0 Å². The molecule has 1 aromatic rings. The molecule has 0 spiro atoms. The van der Waals surface area contributed by atoms with Gasteiger partial charge in [-0.25, -0.2) is 0 Å². The van der Waals surface area contributed by atoms with Crippen LogP contribution in [0.2, 0.25) is 0 Å². The first kappa shape index (κ1) is 23.6. The molecule has 1 heterocycles. The Bertz CT molecular complexity index is 576. The van der Waals surface area contributed by atoms with Crippen LogP contribution in [0.3, 0.4) is 0 Å². The lowest BCUT2D eigenvalue weighted by Crippen LogP contribution is -2.42. The summed E-state index contributed by atoms with van der Waals surface area (Å²) < 4.78 is 0. The fourth-order valence-electron chi connectivity index (χ4n) is 3.61. The monoisotopic (exact) mass is 402 g/mol. The van der Waals surface area contributed by atoms with E-state index in [1.165, 1.54) is 31.6 Å². The summed E-state index contributed by atoms with van der Waals surface area (Å²) in [5, 5.41) is 6.89. The van der Waals surface area contributed by atoms with E-state index in [4.69, 9.17) is 4.99 Å². The molecule has 0 bridgehead atoms. The van der Waals surface area contributed by atoms with Crippen molar-refractivity contribution in [2.45, 2.75) is 39.3 Å². The summed E-state index contributed by atoms with van der Waals surface area (Å²) in [6, 6.07) is 11.2. The van der Waals surface area contributed by atoms with E-state index in [2.05, 4.69) is 83.6 Å². The predicted octanol–water partition coefficient (Wildman–Crippen LogP) is 2.09. The molecule has 6 heteroatoms. The first-order valence-electron chi connectivity index (χ1n) is 11.3. The van der Waals surface area contributed by atoms with Gasteiger partial charge in [0.15, 0.2) is 5.96 Å². The average Bonchev–Trinajstić information content (AvgIpc) is 2.92. The SMILES string of the molecule is CCNC(=NCCC(C)N(C)Cc1ccccc1)NCCN1CCCN(C)CC1. The van der Waals surface area contributed by atoms with Gasteiger partial charge in [0.2, 0.25) is 0 Å². The highest BCUT2D eigenvalue weighted by molar-refractivity contribution is 5.79. The van der Waals surface area contributed by atoms with Gasteiger partial charge in [-0.15, -0.1) is 0 Å². The highest BCUT2D eigenvalue weighted by Crippen LogP contribution is 2.08. The van der Waals surface area contributed by atoms with Crippen LogP contribution in [0.15, 0.2) is 35.3 Å². The van der Waals surface area contributed by atoms with Crippen LogP contribution in [0.4, 0.5) is 0 Å². The van der Waals surface area contributed by atoms with Crippen molar-refractivity contribution in [1.82, 2.24) is 25.3 Å². The van der Waals surface area contributed by atoms with Crippen molar-refractivity contribution in [3.05, 3.63) is 35.9 Å². The highest BCUT2D eigenvalue weighted by Gasteiger charge is 2.12. The van der Waals surface area contributed by atoms with Crippen LogP contribution < -0.4 is 10.6 Å². The second kappa shape index (κ2) is 13.6. The van der Waals surface area contributed by atoms with E-state index in [1.807, 2.05) is 0 Å². The zero-order valence-electron chi connectivity index (χ0n) is 19.0. The molecule has 0 saturated carbocycles. The lowest BCUT2D eigenvalue weighted by Gasteiger charge is -2.24. The Morgan fingerprint density at radius 2 is 1.93 bits per heavy atom. The lowest BCUT2D eigenvalue weighted by molar-refractivity contribution is 0.240. The van der Waals surface area contributed by atoms with E-state index in [-0.39, 0.29) is 0 Å². The molecular formula is C23H42N6. The molecule has 1 aromatic carbocycles. The quantitative estimate of drug-likeness (QED) is 0.464. The first-order valence-corrected chi connectivity index (χ1v) is 11.3. The van der Waals surface area contributed by atoms with Gasteiger partial charge in [-0.1, -0.05) is 30.3 Å². The third kappa shape index (κ3) is 9.61. The Balaban J connectivity index is 1.70. The molecule has 1 unspecified atom stereocenters. The number of nitrogens with zero attached hydrogens (tertiary/aromatic N) is 4. The van der Waals surface area contributed by atoms with Crippen molar-refractivity contribution in [2.24, 2.45) is 4.99 Å². The van der Waals surface area contributed by atoms with Gasteiger partial charge in [0, 0.05) is 51.9 Å². The Labute approximate surface area is 178 Å². The summed E-state index contributed by atoms with van der Waals surface area (Å²) in [5.41, 5.74) is 1.36. The Hall–Kier alpha value is -1.63. The van der Waals surface area contributed by atoms with E-state index in [0.29, 0.717) is 6.04 Å². The summed E-state index contributed by atoms with van der Waals surface area (Å²) in [6.07, 6.45) is 2.32. The van der Waals surface area contributed by atoms with E-state index in [9.17, 15) is 0 Å². The van der Waals surface area contributed by atoms with E-state index in [1.54, 1.807) is 0 Å². The summed E-state index contributed by atoms with van der Waals surface area (Å²) in [7, 11) is 4.42. The topological polar surface area (TPSA) is 46.1 Å². The number of likely N-dealkylation sites (N-methyl/N-ethyl adjacent to an activating group) is 1. The number of guanidine groups is 1. The Morgan fingerprint density at radius 3 is 2.69 bits per heavy atom. The van der Waals surface area contributed by atoms with Crippen LogP contribution in [0.1, 0.15) is 32.3 Å². The number of benzene rings is 1. The number of nitrogens with one attached hydrogen (secondary N) is 2. The van der Waals surface area contributed by atoms with Gasteiger partial charge in [-0.3, -0.25) is 9.89 Å². The van der Waals surface area contributed by atoms with Crippen molar-refractivity contribution >= 4 is 5.96 Å². The Morgan fingerprint density at radius 1 is 1.14 bits per heavy atom. The summed E-state index contributed by atoms with van der Waals surface area (Å²) >= 11 is 0. The van der Waals surface area contributed by atoms with Crippen LogP contribution in [0.25, 0.3) is 0 Å². The van der Waals surface area contributed by atoms with Crippen molar-refractivity contribution in [2.75, 3.05) is 66.5 Å². The van der Waals surface area contributed by atoms with Gasteiger partial charge < -0.3 is 20.4 Å². The molecule has 1 atom stereocenters. The smallest absolute Gasteiger partial charge is 0.191 e. The maximum absolute atomic E-state index is 4.80. The summed E-state index contributed by atoms with van der Waals surface area (Å²) in [4.78, 5) is 12.2. The predicted molar refractivity (Wildman–Crippen MR) is 125 cm³/mol. The highest BCUT2D eigenvalue weighted by atomic mass is 15.2. The van der Waals surface area contributed by atoms with Crippen molar-refractivity contribution in [1.29, 1.82) is 0 Å². The molecule has 1 aliphatic heterocycles. The number of aliphatic imine (C=N–C) groups is 1. The zero-order chi connectivity index (χ0) is 20.9. The molecule has 164 valence electrons. The van der Waals surface area contributed by atoms with Crippen LogP contribution in [-0.4, -0.2) is 93.2 Å². The van der Waals surface area contributed by atoms with Crippen LogP contribution in [0, 0.1) is 0 Å². The molecule has 0 aromatic heterocycles. The van der Waals surface area contributed by atoms with Gasteiger partial charge in [-0.2, -0.15) is 0 Å². The van der Waals surface area contributed by atoms with Gasteiger partial charge >= 0.3 is 0 Å².